The Morgan fingerprint density at radius 2 is 1.88 bits per heavy atom. The minimum absolute atomic E-state index is 0.195. The predicted molar refractivity (Wildman–Crippen MR) is 77.7 cm³/mol. The standard InChI is InChI=1S/C15H24OSi/c1-11-8-7-9-14(15(11)13(3)16)10-12(2)17(4,5)6/h7-9,12H,10H2,1-6H3. The summed E-state index contributed by atoms with van der Waals surface area (Å²) in [4.78, 5) is 11.7. The van der Waals surface area contributed by atoms with Gasteiger partial charge < -0.3 is 0 Å². The van der Waals surface area contributed by atoms with E-state index in [1.807, 2.05) is 13.0 Å². The largest absolute Gasteiger partial charge is 0.294 e. The van der Waals surface area contributed by atoms with Crippen molar-refractivity contribution in [2.24, 2.45) is 0 Å². The van der Waals surface area contributed by atoms with E-state index in [-0.39, 0.29) is 5.78 Å². The third-order valence-electron chi connectivity index (χ3n) is 3.72. The van der Waals surface area contributed by atoms with Crippen molar-refractivity contribution in [2.75, 3.05) is 0 Å². The highest BCUT2D eigenvalue weighted by Crippen LogP contribution is 2.27. The molecule has 0 bridgehead atoms. The molecule has 17 heavy (non-hydrogen) atoms. The summed E-state index contributed by atoms with van der Waals surface area (Å²) >= 11 is 0. The van der Waals surface area contributed by atoms with Crippen molar-refractivity contribution < 1.29 is 4.79 Å². The summed E-state index contributed by atoms with van der Waals surface area (Å²) in [5.74, 6) is 0.195. The lowest BCUT2D eigenvalue weighted by molar-refractivity contribution is 0.101. The summed E-state index contributed by atoms with van der Waals surface area (Å²) in [6, 6.07) is 6.20. The molecular weight excluding hydrogens is 224 g/mol. The zero-order valence-corrected chi connectivity index (χ0v) is 12.9. The predicted octanol–water partition coefficient (Wildman–Crippen LogP) is 4.47. The molecule has 0 amide bonds. The monoisotopic (exact) mass is 248 g/mol. The Morgan fingerprint density at radius 1 is 1.29 bits per heavy atom. The fraction of sp³-hybridized carbons (Fsp3) is 0.533. The van der Waals surface area contributed by atoms with Gasteiger partial charge in [-0.2, -0.15) is 0 Å². The molecule has 0 fully saturated rings. The highest BCUT2D eigenvalue weighted by molar-refractivity contribution is 6.77. The molecule has 0 N–H and O–H groups in total. The number of aryl methyl sites for hydroxylation is 1. The van der Waals surface area contributed by atoms with Crippen molar-refractivity contribution in [3.8, 4) is 0 Å². The van der Waals surface area contributed by atoms with E-state index in [9.17, 15) is 4.79 Å². The van der Waals surface area contributed by atoms with Crippen molar-refractivity contribution >= 4 is 13.9 Å². The fourth-order valence-corrected chi connectivity index (χ4v) is 2.87. The molecule has 1 nitrogen and oxygen atoms in total. The molecule has 0 saturated carbocycles. The summed E-state index contributed by atoms with van der Waals surface area (Å²) in [5.41, 5.74) is 3.98. The summed E-state index contributed by atoms with van der Waals surface area (Å²) in [6.45, 7) is 13.2. The third-order valence-corrected chi connectivity index (χ3v) is 6.88. The molecule has 0 aliphatic carbocycles. The van der Waals surface area contributed by atoms with Crippen LogP contribution in [0.2, 0.25) is 25.2 Å². The summed E-state index contributed by atoms with van der Waals surface area (Å²) in [6.07, 6.45) is 1.03. The van der Waals surface area contributed by atoms with Crippen LogP contribution in [0.3, 0.4) is 0 Å². The number of rotatable bonds is 4. The van der Waals surface area contributed by atoms with Crippen LogP contribution in [0.5, 0.6) is 0 Å². The molecular formula is C15H24OSi. The molecule has 0 saturated heterocycles. The zero-order valence-electron chi connectivity index (χ0n) is 11.9. The topological polar surface area (TPSA) is 17.1 Å². The fourth-order valence-electron chi connectivity index (χ4n) is 2.04. The second kappa shape index (κ2) is 5.17. The van der Waals surface area contributed by atoms with Crippen molar-refractivity contribution in [3.05, 3.63) is 34.9 Å². The molecule has 1 unspecified atom stereocenters. The van der Waals surface area contributed by atoms with Gasteiger partial charge in [0.05, 0.1) is 0 Å². The Bertz CT molecular complexity index is 415. The van der Waals surface area contributed by atoms with Crippen LogP contribution in [-0.4, -0.2) is 13.9 Å². The van der Waals surface area contributed by atoms with E-state index in [2.05, 4.69) is 38.7 Å². The zero-order chi connectivity index (χ0) is 13.2. The minimum atomic E-state index is -1.13. The van der Waals surface area contributed by atoms with Crippen molar-refractivity contribution in [1.29, 1.82) is 0 Å². The second-order valence-electron chi connectivity index (χ2n) is 6.14. The number of carbonyl (C=O) groups is 1. The Balaban J connectivity index is 3.07. The van der Waals surface area contributed by atoms with Crippen molar-refractivity contribution in [2.45, 2.75) is 52.4 Å². The van der Waals surface area contributed by atoms with E-state index in [0.717, 1.165) is 17.5 Å². The van der Waals surface area contributed by atoms with Crippen LogP contribution in [0.25, 0.3) is 0 Å². The Hall–Kier alpha value is -0.893. The van der Waals surface area contributed by atoms with Crippen molar-refractivity contribution in [1.82, 2.24) is 0 Å². The number of hydrogen-bond donors (Lipinski definition) is 0. The highest BCUT2D eigenvalue weighted by Gasteiger charge is 2.24. The lowest BCUT2D eigenvalue weighted by Gasteiger charge is -2.26. The van der Waals surface area contributed by atoms with E-state index < -0.39 is 8.07 Å². The first-order valence-electron chi connectivity index (χ1n) is 6.33. The maximum absolute atomic E-state index is 11.7. The number of hydrogen-bond acceptors (Lipinski definition) is 1. The first-order valence-corrected chi connectivity index (χ1v) is 9.90. The van der Waals surface area contributed by atoms with E-state index in [1.54, 1.807) is 6.92 Å². The van der Waals surface area contributed by atoms with Crippen LogP contribution >= 0.6 is 0 Å². The van der Waals surface area contributed by atoms with Crippen LogP contribution in [-0.2, 0) is 6.42 Å². The van der Waals surface area contributed by atoms with E-state index >= 15 is 0 Å². The summed E-state index contributed by atoms with van der Waals surface area (Å²) in [7, 11) is -1.13. The van der Waals surface area contributed by atoms with Crippen LogP contribution in [0.1, 0.15) is 35.3 Å². The number of Topliss-reactive ketones (excluding diaryl/α,β-unsaturated/α-hetero) is 1. The maximum atomic E-state index is 11.7. The average Bonchev–Trinajstić information content (AvgIpc) is 2.15. The van der Waals surface area contributed by atoms with Gasteiger partial charge in [-0.15, -0.1) is 0 Å². The van der Waals surface area contributed by atoms with Gasteiger partial charge >= 0.3 is 0 Å². The molecule has 0 spiro atoms. The van der Waals surface area contributed by atoms with Crippen LogP contribution in [0.4, 0.5) is 0 Å². The smallest absolute Gasteiger partial charge is 0.160 e. The quantitative estimate of drug-likeness (QED) is 0.567. The molecule has 1 aromatic rings. The van der Waals surface area contributed by atoms with Crippen LogP contribution in [0.15, 0.2) is 18.2 Å². The Kier molecular flexibility index (Phi) is 4.31. The average molecular weight is 248 g/mol. The van der Waals surface area contributed by atoms with Crippen molar-refractivity contribution in [3.63, 3.8) is 0 Å². The molecule has 0 heterocycles. The molecule has 1 aromatic carbocycles. The lowest BCUT2D eigenvalue weighted by Crippen LogP contribution is -2.28. The first kappa shape index (κ1) is 14.2. The molecule has 0 aliphatic rings. The summed E-state index contributed by atoms with van der Waals surface area (Å²) in [5, 5.41) is 0. The summed E-state index contributed by atoms with van der Waals surface area (Å²) < 4.78 is 0. The van der Waals surface area contributed by atoms with Gasteiger partial charge in [0.1, 0.15) is 0 Å². The SMILES string of the molecule is CC(=O)c1c(C)cccc1CC(C)[Si](C)(C)C. The Morgan fingerprint density at radius 3 is 2.35 bits per heavy atom. The molecule has 1 atom stereocenters. The lowest BCUT2D eigenvalue weighted by atomic mass is 9.96. The molecule has 94 valence electrons. The second-order valence-corrected chi connectivity index (χ2v) is 11.9. The maximum Gasteiger partial charge on any atom is 0.160 e. The van der Waals surface area contributed by atoms with Gasteiger partial charge in [-0.25, -0.2) is 0 Å². The van der Waals surface area contributed by atoms with Crippen LogP contribution in [0, 0.1) is 6.92 Å². The van der Waals surface area contributed by atoms with Crippen LogP contribution < -0.4 is 0 Å². The van der Waals surface area contributed by atoms with Gasteiger partial charge in [0.2, 0.25) is 0 Å². The van der Waals surface area contributed by atoms with Gasteiger partial charge in [0.15, 0.2) is 5.78 Å². The number of benzene rings is 1. The normalized spacial score (nSPS) is 13.5. The molecule has 0 aliphatic heterocycles. The molecule has 0 aromatic heterocycles. The third kappa shape index (κ3) is 3.53. The van der Waals surface area contributed by atoms with Gasteiger partial charge in [0, 0.05) is 13.6 Å². The van der Waals surface area contributed by atoms with Gasteiger partial charge in [-0.05, 0) is 36.9 Å². The van der Waals surface area contributed by atoms with Gasteiger partial charge in [-0.1, -0.05) is 44.8 Å². The minimum Gasteiger partial charge on any atom is -0.294 e. The number of carbonyl (C=O) groups excluding carboxylic acids is 1. The molecule has 1 rings (SSSR count). The Labute approximate surface area is 106 Å². The van der Waals surface area contributed by atoms with E-state index in [4.69, 9.17) is 0 Å². The first-order chi connectivity index (χ1) is 7.73. The highest BCUT2D eigenvalue weighted by atomic mass is 28.3. The van der Waals surface area contributed by atoms with Gasteiger partial charge in [0.25, 0.3) is 0 Å². The number of ketones is 1. The van der Waals surface area contributed by atoms with E-state index in [1.165, 1.54) is 5.56 Å². The molecule has 2 heteroatoms. The van der Waals surface area contributed by atoms with E-state index in [0.29, 0.717) is 5.54 Å². The molecule has 0 radical (unpaired) electrons. The van der Waals surface area contributed by atoms with Gasteiger partial charge in [-0.3, -0.25) is 4.79 Å².